The van der Waals surface area contributed by atoms with Gasteiger partial charge in [0.15, 0.2) is 0 Å². The second-order valence-electron chi connectivity index (χ2n) is 3.03. The van der Waals surface area contributed by atoms with Crippen molar-refractivity contribution in [2.24, 2.45) is 0 Å². The van der Waals surface area contributed by atoms with E-state index < -0.39 is 0 Å². The van der Waals surface area contributed by atoms with Crippen LogP contribution in [0.2, 0.25) is 0 Å². The first-order valence-corrected chi connectivity index (χ1v) is 5.32. The molecule has 0 fully saturated rings. The Kier molecular flexibility index (Phi) is 2.74. The van der Waals surface area contributed by atoms with Crippen molar-refractivity contribution in [1.82, 2.24) is 9.97 Å². The molecule has 72 valence electrons. The Morgan fingerprint density at radius 1 is 1.43 bits per heavy atom. The highest BCUT2D eigenvalue weighted by Crippen LogP contribution is 2.14. The Balaban J connectivity index is 1.99. The predicted octanol–water partition coefficient (Wildman–Crippen LogP) is 2.46. The first-order chi connectivity index (χ1) is 6.86. The van der Waals surface area contributed by atoms with Crippen molar-refractivity contribution < 1.29 is 0 Å². The predicted molar refractivity (Wildman–Crippen MR) is 58.4 cm³/mol. The number of hydrogen-bond donors (Lipinski definition) is 1. The lowest BCUT2D eigenvalue weighted by molar-refractivity contribution is 1.08. The fraction of sp³-hybridized carbons (Fsp3) is 0.200. The molecule has 0 radical (unpaired) electrons. The van der Waals surface area contributed by atoms with Gasteiger partial charge in [-0.25, -0.2) is 9.97 Å². The minimum Gasteiger partial charge on any atom is -0.366 e. The molecule has 2 rings (SSSR count). The summed E-state index contributed by atoms with van der Waals surface area (Å²) < 4.78 is 0. The Bertz CT molecular complexity index is 397. The Labute approximate surface area is 86.8 Å². The maximum absolute atomic E-state index is 4.09. The van der Waals surface area contributed by atoms with E-state index >= 15 is 0 Å². The van der Waals surface area contributed by atoms with Gasteiger partial charge in [-0.1, -0.05) is 0 Å². The lowest BCUT2D eigenvalue weighted by Gasteiger charge is -2.03. The van der Waals surface area contributed by atoms with E-state index in [9.17, 15) is 0 Å². The quantitative estimate of drug-likeness (QED) is 0.836. The van der Waals surface area contributed by atoms with Crippen LogP contribution in [-0.2, 0) is 6.54 Å². The molecule has 0 aliphatic carbocycles. The van der Waals surface area contributed by atoms with Gasteiger partial charge >= 0.3 is 0 Å². The molecule has 2 aromatic heterocycles. The van der Waals surface area contributed by atoms with Crippen LogP contribution >= 0.6 is 11.3 Å². The van der Waals surface area contributed by atoms with E-state index in [0.29, 0.717) is 0 Å². The third-order valence-electron chi connectivity index (χ3n) is 2.00. The Morgan fingerprint density at radius 2 is 2.36 bits per heavy atom. The van der Waals surface area contributed by atoms with Gasteiger partial charge < -0.3 is 5.32 Å². The normalized spacial score (nSPS) is 10.1. The Morgan fingerprint density at radius 3 is 3.00 bits per heavy atom. The molecule has 1 N–H and O–H groups in total. The zero-order chi connectivity index (χ0) is 9.80. The number of thiophene rings is 1. The van der Waals surface area contributed by atoms with E-state index in [1.54, 1.807) is 23.9 Å². The lowest BCUT2D eigenvalue weighted by Crippen LogP contribution is -2.01. The summed E-state index contributed by atoms with van der Waals surface area (Å²) in [6.45, 7) is 2.94. The van der Waals surface area contributed by atoms with Gasteiger partial charge in [0.25, 0.3) is 0 Å². The number of nitrogens with zero attached hydrogens (tertiary/aromatic N) is 2. The van der Waals surface area contributed by atoms with Crippen molar-refractivity contribution >= 4 is 17.2 Å². The highest BCUT2D eigenvalue weighted by Gasteiger charge is 1.98. The van der Waals surface area contributed by atoms with E-state index in [1.165, 1.54) is 11.1 Å². The molecule has 3 nitrogen and oxygen atoms in total. The van der Waals surface area contributed by atoms with Gasteiger partial charge in [-0.2, -0.15) is 11.3 Å². The topological polar surface area (TPSA) is 37.8 Å². The maximum Gasteiger partial charge on any atom is 0.129 e. The molecule has 0 bridgehead atoms. The molecule has 2 heterocycles. The molecule has 0 amide bonds. The van der Waals surface area contributed by atoms with Crippen LogP contribution in [0, 0.1) is 6.92 Å². The van der Waals surface area contributed by atoms with Crippen molar-refractivity contribution in [3.05, 3.63) is 40.5 Å². The molecule has 0 saturated carbocycles. The molecule has 4 heteroatoms. The van der Waals surface area contributed by atoms with Crippen LogP contribution < -0.4 is 5.32 Å². The first-order valence-electron chi connectivity index (χ1n) is 4.38. The summed E-state index contributed by atoms with van der Waals surface area (Å²) in [4.78, 5) is 7.95. The summed E-state index contributed by atoms with van der Waals surface area (Å²) in [5.74, 6) is 0.866. The van der Waals surface area contributed by atoms with E-state index in [-0.39, 0.29) is 0 Å². The third-order valence-corrected chi connectivity index (χ3v) is 2.91. The van der Waals surface area contributed by atoms with Crippen molar-refractivity contribution in [2.75, 3.05) is 5.32 Å². The van der Waals surface area contributed by atoms with Crippen molar-refractivity contribution in [3.63, 3.8) is 0 Å². The first kappa shape index (κ1) is 9.15. The maximum atomic E-state index is 4.09. The second kappa shape index (κ2) is 4.19. The molecule has 0 saturated heterocycles. The summed E-state index contributed by atoms with van der Waals surface area (Å²) in [6, 6.07) is 1.86. The average Bonchev–Trinajstić information content (AvgIpc) is 2.63. The van der Waals surface area contributed by atoms with Crippen LogP contribution in [0.25, 0.3) is 0 Å². The van der Waals surface area contributed by atoms with Gasteiger partial charge in [-0.3, -0.25) is 0 Å². The summed E-state index contributed by atoms with van der Waals surface area (Å²) in [6.07, 6.45) is 3.28. The standard InChI is InChI=1S/C10H11N3S/c1-8-5-14-6-9(8)4-12-10-2-3-11-7-13-10/h2-3,5-7H,4H2,1H3,(H,11,12,13). The minimum absolute atomic E-state index is 0.826. The number of nitrogens with one attached hydrogen (secondary N) is 1. The van der Waals surface area contributed by atoms with Crippen LogP contribution in [0.1, 0.15) is 11.1 Å². The zero-order valence-corrected chi connectivity index (χ0v) is 8.71. The van der Waals surface area contributed by atoms with Gasteiger partial charge in [0.05, 0.1) is 0 Å². The van der Waals surface area contributed by atoms with Crippen LogP contribution in [-0.4, -0.2) is 9.97 Å². The molecule has 0 aliphatic heterocycles. The zero-order valence-electron chi connectivity index (χ0n) is 7.90. The van der Waals surface area contributed by atoms with Crippen LogP contribution in [0.5, 0.6) is 0 Å². The molecule has 14 heavy (non-hydrogen) atoms. The molecular formula is C10H11N3S. The summed E-state index contributed by atoms with van der Waals surface area (Å²) >= 11 is 1.73. The second-order valence-corrected chi connectivity index (χ2v) is 3.77. The van der Waals surface area contributed by atoms with E-state index in [4.69, 9.17) is 0 Å². The molecule has 0 atom stereocenters. The van der Waals surface area contributed by atoms with Crippen molar-refractivity contribution in [3.8, 4) is 0 Å². The van der Waals surface area contributed by atoms with E-state index in [0.717, 1.165) is 12.4 Å². The summed E-state index contributed by atoms with van der Waals surface area (Å²) in [5.41, 5.74) is 2.66. The number of hydrogen-bond acceptors (Lipinski definition) is 4. The van der Waals surface area contributed by atoms with Gasteiger partial charge in [0.2, 0.25) is 0 Å². The SMILES string of the molecule is Cc1cscc1CNc1ccncn1. The number of aromatic nitrogens is 2. The largest absolute Gasteiger partial charge is 0.366 e. The van der Waals surface area contributed by atoms with E-state index in [2.05, 4.69) is 33.0 Å². The van der Waals surface area contributed by atoms with Gasteiger partial charge in [-0.05, 0) is 34.9 Å². The van der Waals surface area contributed by atoms with Crippen molar-refractivity contribution in [1.29, 1.82) is 0 Å². The number of anilines is 1. The fourth-order valence-electron chi connectivity index (χ4n) is 1.15. The molecular weight excluding hydrogens is 194 g/mol. The van der Waals surface area contributed by atoms with Gasteiger partial charge in [0, 0.05) is 12.7 Å². The van der Waals surface area contributed by atoms with Gasteiger partial charge in [-0.15, -0.1) is 0 Å². The fourth-order valence-corrected chi connectivity index (χ4v) is 2.01. The third kappa shape index (κ3) is 2.09. The van der Waals surface area contributed by atoms with Gasteiger partial charge in [0.1, 0.15) is 12.1 Å². The van der Waals surface area contributed by atoms with Crippen LogP contribution in [0.3, 0.4) is 0 Å². The monoisotopic (exact) mass is 205 g/mol. The molecule has 2 aromatic rings. The molecule has 0 unspecified atom stereocenters. The highest BCUT2D eigenvalue weighted by molar-refractivity contribution is 7.08. The smallest absolute Gasteiger partial charge is 0.129 e. The van der Waals surface area contributed by atoms with Crippen LogP contribution in [0.4, 0.5) is 5.82 Å². The van der Waals surface area contributed by atoms with E-state index in [1.807, 2.05) is 6.07 Å². The summed E-state index contributed by atoms with van der Waals surface area (Å²) in [5, 5.41) is 7.55. The number of aryl methyl sites for hydroxylation is 1. The van der Waals surface area contributed by atoms with Crippen molar-refractivity contribution in [2.45, 2.75) is 13.5 Å². The molecule has 0 aliphatic rings. The average molecular weight is 205 g/mol. The highest BCUT2D eigenvalue weighted by atomic mass is 32.1. The molecule has 0 spiro atoms. The lowest BCUT2D eigenvalue weighted by atomic mass is 10.2. The Hall–Kier alpha value is -1.42. The summed E-state index contributed by atoms with van der Waals surface area (Å²) in [7, 11) is 0. The molecule has 0 aromatic carbocycles. The minimum atomic E-state index is 0.826. The number of rotatable bonds is 3. The van der Waals surface area contributed by atoms with Crippen LogP contribution in [0.15, 0.2) is 29.4 Å².